The summed E-state index contributed by atoms with van der Waals surface area (Å²) in [6.45, 7) is 38.2. The molecule has 0 saturated carbocycles. The van der Waals surface area contributed by atoms with E-state index in [0.29, 0.717) is 0 Å². The summed E-state index contributed by atoms with van der Waals surface area (Å²) in [6, 6.07) is 52.9. The van der Waals surface area contributed by atoms with Crippen molar-refractivity contribution in [2.24, 2.45) is 0 Å². The molecule has 7 aromatic carbocycles. The van der Waals surface area contributed by atoms with E-state index in [1.807, 2.05) is 11.3 Å². The van der Waals surface area contributed by atoms with Gasteiger partial charge in [-0.1, -0.05) is 175 Å². The molecule has 3 aliphatic rings. The van der Waals surface area contributed by atoms with Crippen LogP contribution in [0.5, 0.6) is 0 Å². The minimum Gasteiger partial charge on any atom is -0.356 e. The second kappa shape index (κ2) is 17.4. The molecular weight excluding hydrogens is 912 g/mol. The number of fused-ring (bicyclic) bond motifs is 5. The number of aryl methyl sites for hydroxylation is 2. The Morgan fingerprint density at radius 2 is 1.14 bits per heavy atom. The van der Waals surface area contributed by atoms with Gasteiger partial charge in [-0.25, -0.2) is 0 Å². The van der Waals surface area contributed by atoms with Gasteiger partial charge in [0.05, 0.1) is 5.69 Å². The quantitative estimate of drug-likeness (QED) is 0.167. The van der Waals surface area contributed by atoms with E-state index in [9.17, 15) is 0 Å². The maximum absolute atomic E-state index is 4.27. The molecule has 2 aliphatic carbocycles. The van der Waals surface area contributed by atoms with E-state index in [0.717, 1.165) is 5.69 Å². The largest absolute Gasteiger partial charge is 0.356 e. The molecular formula is C70H79BN2S. The summed E-state index contributed by atoms with van der Waals surface area (Å²) in [5.41, 5.74) is 25.0. The van der Waals surface area contributed by atoms with Crippen LogP contribution in [-0.4, -0.2) is 6.71 Å². The van der Waals surface area contributed by atoms with Gasteiger partial charge < -0.3 is 10.2 Å². The van der Waals surface area contributed by atoms with Crippen molar-refractivity contribution < 1.29 is 0 Å². The fraction of sp³-hybridized carbons (Fsp3) is 0.371. The van der Waals surface area contributed by atoms with Crippen LogP contribution in [-0.2, 0) is 32.5 Å². The van der Waals surface area contributed by atoms with E-state index in [1.165, 1.54) is 141 Å². The number of nitrogens with one attached hydrogen (secondary N) is 1. The van der Waals surface area contributed by atoms with Crippen LogP contribution in [0, 0.1) is 13.8 Å². The molecule has 4 heteroatoms. The van der Waals surface area contributed by atoms with Gasteiger partial charge in [0.2, 0.25) is 0 Å². The van der Waals surface area contributed by atoms with Crippen molar-refractivity contribution in [2.75, 3.05) is 10.2 Å². The third-order valence-electron chi connectivity index (χ3n) is 17.9. The van der Waals surface area contributed by atoms with Crippen molar-refractivity contribution in [2.45, 2.75) is 169 Å². The van der Waals surface area contributed by atoms with Crippen molar-refractivity contribution in [3.63, 3.8) is 0 Å². The van der Waals surface area contributed by atoms with E-state index in [-0.39, 0.29) is 39.2 Å². The molecule has 0 atom stereocenters. The molecule has 2 heterocycles. The van der Waals surface area contributed by atoms with Crippen LogP contribution in [0.2, 0.25) is 0 Å². The SMILES string of the molecule is Cc1ccc(-c2ccc3c(c2)N(c2ccc(C(C)(C)C)cc2-c2ccccc2)c2cc(C(C)(C)C)cc(Nc4ccc5c(c4)C(C)(C)CCC5(C)C)c2B3c2cc3cc4c(cc3s2)C(C)(C)CCC4(C)C)c(C)c1. The number of hydrogen-bond acceptors (Lipinski definition) is 3. The molecule has 1 N–H and O–H groups in total. The highest BCUT2D eigenvalue weighted by Crippen LogP contribution is 2.51. The van der Waals surface area contributed by atoms with Crippen molar-refractivity contribution in [1.82, 2.24) is 0 Å². The molecule has 1 aliphatic heterocycles. The number of anilines is 5. The van der Waals surface area contributed by atoms with Gasteiger partial charge in [-0.15, -0.1) is 11.3 Å². The van der Waals surface area contributed by atoms with E-state index in [4.69, 9.17) is 0 Å². The van der Waals surface area contributed by atoms with Crippen molar-refractivity contribution in [3.8, 4) is 22.3 Å². The van der Waals surface area contributed by atoms with Crippen LogP contribution in [0.15, 0.2) is 133 Å². The topological polar surface area (TPSA) is 15.3 Å². The Labute approximate surface area is 449 Å². The van der Waals surface area contributed by atoms with Gasteiger partial charge in [-0.2, -0.15) is 0 Å². The smallest absolute Gasteiger partial charge is 0.261 e. The normalized spacial score (nSPS) is 17.4. The Morgan fingerprint density at radius 1 is 0.500 bits per heavy atom. The summed E-state index contributed by atoms with van der Waals surface area (Å²) >= 11 is 2.01. The average Bonchev–Trinajstić information content (AvgIpc) is 3.78. The Morgan fingerprint density at radius 3 is 1.78 bits per heavy atom. The third-order valence-corrected chi connectivity index (χ3v) is 19.1. The number of rotatable bonds is 6. The average molecular weight is 991 g/mol. The van der Waals surface area contributed by atoms with Gasteiger partial charge in [0, 0.05) is 33.0 Å². The summed E-state index contributed by atoms with van der Waals surface area (Å²) in [7, 11) is 0. The Hall–Kier alpha value is -5.84. The first-order chi connectivity index (χ1) is 34.7. The van der Waals surface area contributed by atoms with Crippen LogP contribution >= 0.6 is 11.3 Å². The second-order valence-corrected chi connectivity index (χ2v) is 28.5. The van der Waals surface area contributed by atoms with Crippen molar-refractivity contribution >= 4 is 72.3 Å². The summed E-state index contributed by atoms with van der Waals surface area (Å²) in [5.74, 6) is 0. The predicted octanol–water partition coefficient (Wildman–Crippen LogP) is 18.2. The lowest BCUT2D eigenvalue weighted by molar-refractivity contribution is 0.332. The predicted molar refractivity (Wildman–Crippen MR) is 326 cm³/mol. The van der Waals surface area contributed by atoms with Gasteiger partial charge in [-0.3, -0.25) is 0 Å². The zero-order valence-electron chi connectivity index (χ0n) is 47.5. The Balaban J connectivity index is 1.25. The monoisotopic (exact) mass is 991 g/mol. The fourth-order valence-corrected chi connectivity index (χ4v) is 14.1. The maximum Gasteiger partial charge on any atom is 0.261 e. The Kier molecular flexibility index (Phi) is 11.8. The van der Waals surface area contributed by atoms with Crippen LogP contribution in [0.4, 0.5) is 28.4 Å². The molecule has 0 radical (unpaired) electrons. The van der Waals surface area contributed by atoms with E-state index in [2.05, 4.69) is 254 Å². The van der Waals surface area contributed by atoms with E-state index >= 15 is 0 Å². The number of thiophene rings is 1. The molecule has 0 unspecified atom stereocenters. The van der Waals surface area contributed by atoms with Gasteiger partial charge >= 0.3 is 0 Å². The first-order valence-electron chi connectivity index (χ1n) is 27.6. The zero-order valence-corrected chi connectivity index (χ0v) is 48.3. The summed E-state index contributed by atoms with van der Waals surface area (Å²) in [5, 5.41) is 5.62. The fourth-order valence-electron chi connectivity index (χ4n) is 12.9. The Bertz CT molecular complexity index is 3480. The lowest BCUT2D eigenvalue weighted by Crippen LogP contribution is -2.57. The first kappa shape index (κ1) is 50.3. The lowest BCUT2D eigenvalue weighted by Gasteiger charge is -2.42. The summed E-state index contributed by atoms with van der Waals surface area (Å²) in [6.07, 6.45) is 4.76. The van der Waals surface area contributed by atoms with Crippen LogP contribution < -0.4 is 25.9 Å². The summed E-state index contributed by atoms with van der Waals surface area (Å²) in [4.78, 5) is 2.67. The molecule has 8 aromatic rings. The van der Waals surface area contributed by atoms with E-state index < -0.39 is 0 Å². The minimum absolute atomic E-state index is 0.0407. The van der Waals surface area contributed by atoms with Gasteiger partial charge in [0.1, 0.15) is 0 Å². The number of benzene rings is 7. The highest BCUT2D eigenvalue weighted by atomic mass is 32.1. The molecule has 0 spiro atoms. The molecule has 0 saturated heterocycles. The highest BCUT2D eigenvalue weighted by Gasteiger charge is 2.43. The molecule has 2 nitrogen and oxygen atoms in total. The molecule has 0 bridgehead atoms. The number of hydrogen-bond donors (Lipinski definition) is 1. The standard InChI is InChI=1S/C70H79BN2S/c1-43-22-26-51(44(2)34-43)46-23-28-57-60(36-46)73(59-29-24-48(65(3,4)5)38-52(59)45-20-18-17-19-21-45)61-40-49(66(6,7)8)39-58(72-50-25-27-53-55(41-50)69(13,14)31-30-67(53,9)10)64(61)71(57)63-37-47-35-54-56(42-62(47)74-63)70(15,16)33-32-68(54,11)12/h17-29,34-42,72H,30-33H2,1-16H3. The number of nitrogens with zero attached hydrogens (tertiary/aromatic N) is 1. The van der Waals surface area contributed by atoms with Crippen LogP contribution in [0.3, 0.4) is 0 Å². The molecule has 1 aromatic heterocycles. The van der Waals surface area contributed by atoms with Crippen LogP contribution in [0.1, 0.15) is 167 Å². The zero-order chi connectivity index (χ0) is 52.7. The maximum atomic E-state index is 4.27. The highest BCUT2D eigenvalue weighted by molar-refractivity contribution is 7.32. The van der Waals surface area contributed by atoms with Crippen molar-refractivity contribution in [1.29, 1.82) is 0 Å². The lowest BCUT2D eigenvalue weighted by atomic mass is 9.37. The minimum atomic E-state index is -0.149. The first-order valence-corrected chi connectivity index (χ1v) is 28.4. The second-order valence-electron chi connectivity index (χ2n) is 27.4. The van der Waals surface area contributed by atoms with Crippen molar-refractivity contribution in [3.05, 3.63) is 178 Å². The molecule has 74 heavy (non-hydrogen) atoms. The van der Waals surface area contributed by atoms with Crippen LogP contribution in [0.25, 0.3) is 32.3 Å². The molecule has 378 valence electrons. The van der Waals surface area contributed by atoms with E-state index in [1.54, 1.807) is 0 Å². The molecule has 11 rings (SSSR count). The molecule has 0 amide bonds. The van der Waals surface area contributed by atoms with Gasteiger partial charge in [0.25, 0.3) is 6.71 Å². The third kappa shape index (κ3) is 8.66. The summed E-state index contributed by atoms with van der Waals surface area (Å²) < 4.78 is 2.76. The van der Waals surface area contributed by atoms with Gasteiger partial charge in [-0.05, 0) is 209 Å². The molecule has 0 fully saturated rings. The van der Waals surface area contributed by atoms with Gasteiger partial charge in [0.15, 0.2) is 0 Å².